The number of fused-ring (bicyclic) bond motifs is 1. The number of nitrogens with zero attached hydrogens (tertiary/aromatic N) is 3. The summed E-state index contributed by atoms with van der Waals surface area (Å²) < 4.78 is 22.7. The first-order valence-corrected chi connectivity index (χ1v) is 11.4. The molecule has 2 aromatic heterocycles. The zero-order chi connectivity index (χ0) is 21.5. The number of benzene rings is 1. The van der Waals surface area contributed by atoms with E-state index in [2.05, 4.69) is 19.5 Å². The van der Waals surface area contributed by atoms with Gasteiger partial charge in [-0.3, -0.25) is 4.57 Å². The lowest BCUT2D eigenvalue weighted by atomic mass is 10.1. The molecule has 4 rings (SSSR count). The fourth-order valence-corrected chi connectivity index (χ4v) is 3.74. The Labute approximate surface area is 176 Å². The van der Waals surface area contributed by atoms with Crippen molar-refractivity contribution in [2.24, 2.45) is 0 Å². The molecule has 5 atom stereocenters. The maximum absolute atomic E-state index is 11.1. The van der Waals surface area contributed by atoms with Crippen LogP contribution in [0.2, 0.25) is 5.28 Å². The fraction of sp³-hybridized carbons (Fsp3) is 0.333. The monoisotopic (exact) mass is 455 g/mol. The van der Waals surface area contributed by atoms with E-state index in [1.165, 1.54) is 0 Å². The van der Waals surface area contributed by atoms with Crippen LogP contribution in [0.1, 0.15) is 6.23 Å². The summed E-state index contributed by atoms with van der Waals surface area (Å²) in [6.07, 6.45) is -2.98. The second-order valence-electron chi connectivity index (χ2n) is 6.88. The van der Waals surface area contributed by atoms with Gasteiger partial charge in [0.15, 0.2) is 6.23 Å². The lowest BCUT2D eigenvalue weighted by Crippen LogP contribution is -2.33. The standard InChI is InChI=1S/C18H19ClN3O7P/c1-30(25,26)29-27-9-12-14(23)15(24)17(28-12)22-8-7-11-13(10-5-3-2-4-6-10)20-18(19)21-16(11)22/h2-8,12,14-15,17,23-24H,9H2,1H3,(H,25,26)/t12-,14-,15-,17-/m1/s1. The van der Waals surface area contributed by atoms with Crippen molar-refractivity contribution < 1.29 is 34.0 Å². The van der Waals surface area contributed by atoms with E-state index in [0.717, 1.165) is 12.2 Å². The average molecular weight is 456 g/mol. The molecule has 1 aliphatic rings. The molecule has 3 aromatic rings. The van der Waals surface area contributed by atoms with Crippen molar-refractivity contribution in [2.75, 3.05) is 13.3 Å². The van der Waals surface area contributed by atoms with Gasteiger partial charge in [0.25, 0.3) is 0 Å². The normalized spacial score (nSPS) is 26.2. The molecule has 3 heterocycles. The van der Waals surface area contributed by atoms with Gasteiger partial charge in [0, 0.05) is 23.8 Å². The Morgan fingerprint density at radius 2 is 1.93 bits per heavy atom. The van der Waals surface area contributed by atoms with E-state index in [1.807, 2.05) is 30.3 Å². The molecule has 160 valence electrons. The van der Waals surface area contributed by atoms with Gasteiger partial charge >= 0.3 is 7.60 Å². The molecule has 0 amide bonds. The molecule has 1 aromatic carbocycles. The third-order valence-corrected chi connectivity index (χ3v) is 5.18. The second-order valence-corrected chi connectivity index (χ2v) is 8.97. The number of hydrogen-bond acceptors (Lipinski definition) is 8. The third-order valence-electron chi connectivity index (χ3n) is 4.63. The third kappa shape index (κ3) is 4.27. The lowest BCUT2D eigenvalue weighted by Gasteiger charge is -2.17. The molecule has 10 nitrogen and oxygen atoms in total. The highest BCUT2D eigenvalue weighted by atomic mass is 35.5. The summed E-state index contributed by atoms with van der Waals surface area (Å²) in [5.41, 5.74) is 1.87. The maximum atomic E-state index is 11.1. The molecule has 3 N–H and O–H groups in total. The smallest absolute Gasteiger partial charge is 0.352 e. The molecule has 1 aliphatic heterocycles. The van der Waals surface area contributed by atoms with Crippen LogP contribution < -0.4 is 0 Å². The summed E-state index contributed by atoms with van der Waals surface area (Å²) in [4.78, 5) is 22.4. The number of hydrogen-bond donors (Lipinski definition) is 3. The van der Waals surface area contributed by atoms with E-state index >= 15 is 0 Å². The van der Waals surface area contributed by atoms with Gasteiger partial charge in [-0.15, -0.1) is 4.67 Å². The number of aromatic nitrogens is 3. The van der Waals surface area contributed by atoms with Crippen molar-refractivity contribution in [2.45, 2.75) is 24.5 Å². The number of aliphatic hydroxyl groups is 2. The molecule has 1 saturated heterocycles. The Balaban J connectivity index is 1.63. The van der Waals surface area contributed by atoms with Gasteiger partial charge in [-0.25, -0.2) is 9.87 Å². The van der Waals surface area contributed by atoms with Crippen LogP contribution in [-0.4, -0.2) is 61.2 Å². The first kappa shape index (κ1) is 21.4. The lowest BCUT2D eigenvalue weighted by molar-refractivity contribution is -0.238. The van der Waals surface area contributed by atoms with Crippen molar-refractivity contribution in [3.05, 3.63) is 47.9 Å². The first-order valence-electron chi connectivity index (χ1n) is 8.97. The first-order chi connectivity index (χ1) is 14.2. The molecule has 1 fully saturated rings. The van der Waals surface area contributed by atoms with E-state index < -0.39 is 32.1 Å². The van der Waals surface area contributed by atoms with E-state index in [0.29, 0.717) is 16.7 Å². The Hall–Kier alpha value is -1.88. The van der Waals surface area contributed by atoms with Crippen LogP contribution >= 0.6 is 19.2 Å². The predicted octanol–water partition coefficient (Wildman–Crippen LogP) is 2.13. The van der Waals surface area contributed by atoms with Gasteiger partial charge in [-0.1, -0.05) is 30.3 Å². The van der Waals surface area contributed by atoms with Gasteiger partial charge in [-0.2, -0.15) is 4.98 Å². The summed E-state index contributed by atoms with van der Waals surface area (Å²) in [5, 5.41) is 21.5. The molecule has 0 aliphatic carbocycles. The van der Waals surface area contributed by atoms with Gasteiger partial charge in [0.1, 0.15) is 30.6 Å². The van der Waals surface area contributed by atoms with Crippen LogP contribution in [0.15, 0.2) is 42.6 Å². The van der Waals surface area contributed by atoms with Gasteiger partial charge in [-0.05, 0) is 17.7 Å². The molecular formula is C18H19ClN3O7P. The molecular weight excluding hydrogens is 437 g/mol. The highest BCUT2D eigenvalue weighted by molar-refractivity contribution is 7.51. The Morgan fingerprint density at radius 3 is 2.63 bits per heavy atom. The number of halogens is 1. The average Bonchev–Trinajstić information content (AvgIpc) is 3.23. The Bertz CT molecular complexity index is 1090. The highest BCUT2D eigenvalue weighted by Crippen LogP contribution is 2.38. The fourth-order valence-electron chi connectivity index (χ4n) is 3.32. The zero-order valence-corrected chi connectivity index (χ0v) is 17.3. The largest absolute Gasteiger partial charge is 0.387 e. The van der Waals surface area contributed by atoms with Crippen molar-refractivity contribution in [1.29, 1.82) is 0 Å². The minimum atomic E-state index is -3.85. The van der Waals surface area contributed by atoms with Crippen LogP contribution in [0, 0.1) is 0 Å². The number of aliphatic hydroxyl groups excluding tert-OH is 2. The molecule has 30 heavy (non-hydrogen) atoms. The van der Waals surface area contributed by atoms with Crippen LogP contribution in [0.4, 0.5) is 0 Å². The highest BCUT2D eigenvalue weighted by Gasteiger charge is 2.44. The van der Waals surface area contributed by atoms with Crippen LogP contribution in [0.25, 0.3) is 22.3 Å². The van der Waals surface area contributed by atoms with Crippen LogP contribution in [0.3, 0.4) is 0 Å². The van der Waals surface area contributed by atoms with E-state index in [1.54, 1.807) is 16.8 Å². The van der Waals surface area contributed by atoms with E-state index in [4.69, 9.17) is 21.2 Å². The Kier molecular flexibility index (Phi) is 5.93. The minimum Gasteiger partial charge on any atom is -0.387 e. The second kappa shape index (κ2) is 8.33. The molecule has 0 radical (unpaired) electrons. The summed E-state index contributed by atoms with van der Waals surface area (Å²) in [7, 11) is -3.85. The van der Waals surface area contributed by atoms with Gasteiger partial charge in [0.05, 0.1) is 5.69 Å². The van der Waals surface area contributed by atoms with Crippen molar-refractivity contribution in [3.8, 4) is 11.3 Å². The van der Waals surface area contributed by atoms with Crippen LogP contribution in [-0.2, 0) is 18.9 Å². The number of ether oxygens (including phenoxy) is 1. The van der Waals surface area contributed by atoms with E-state index in [-0.39, 0.29) is 11.9 Å². The summed E-state index contributed by atoms with van der Waals surface area (Å²) in [6, 6.07) is 11.2. The zero-order valence-electron chi connectivity index (χ0n) is 15.7. The summed E-state index contributed by atoms with van der Waals surface area (Å²) >= 11 is 6.14. The van der Waals surface area contributed by atoms with Crippen molar-refractivity contribution >= 4 is 30.2 Å². The summed E-state index contributed by atoms with van der Waals surface area (Å²) in [5.74, 6) is 0. The van der Waals surface area contributed by atoms with Crippen molar-refractivity contribution in [1.82, 2.24) is 14.5 Å². The van der Waals surface area contributed by atoms with Crippen LogP contribution in [0.5, 0.6) is 0 Å². The predicted molar refractivity (Wildman–Crippen MR) is 107 cm³/mol. The van der Waals surface area contributed by atoms with Crippen molar-refractivity contribution in [3.63, 3.8) is 0 Å². The molecule has 1 unspecified atom stereocenters. The topological polar surface area (TPSA) is 136 Å². The van der Waals surface area contributed by atoms with Gasteiger partial charge < -0.3 is 24.4 Å². The molecule has 0 spiro atoms. The SMILES string of the molecule is CP(=O)(O)OOC[C@H]1O[C@@H](n2ccc3c(-c4ccccc4)nc(Cl)nc32)[C@H](O)[C@@H]1O. The van der Waals surface area contributed by atoms with Gasteiger partial charge in [0.2, 0.25) is 5.28 Å². The quantitative estimate of drug-likeness (QED) is 0.221. The van der Waals surface area contributed by atoms with E-state index in [9.17, 15) is 14.8 Å². The summed E-state index contributed by atoms with van der Waals surface area (Å²) in [6.45, 7) is 0.591. The minimum absolute atomic E-state index is 0.0178. The number of rotatable bonds is 6. The molecule has 12 heteroatoms. The maximum Gasteiger partial charge on any atom is 0.352 e. The Morgan fingerprint density at radius 1 is 1.20 bits per heavy atom. The molecule has 0 saturated carbocycles. The molecule has 0 bridgehead atoms.